The summed E-state index contributed by atoms with van der Waals surface area (Å²) in [4.78, 5) is 51.0. The van der Waals surface area contributed by atoms with Crippen molar-refractivity contribution < 1.29 is 23.5 Å². The number of likely N-dealkylation sites (tertiary alicyclic amines) is 1. The summed E-state index contributed by atoms with van der Waals surface area (Å²) in [6, 6.07) is 7.51. The molecular weight excluding hydrogens is 591 g/mol. The van der Waals surface area contributed by atoms with Crippen molar-refractivity contribution in [2.24, 2.45) is 5.92 Å². The Kier molecular flexibility index (Phi) is 10.7. The zero-order valence-electron chi connectivity index (χ0n) is 27.0. The minimum atomic E-state index is -0.596. The van der Waals surface area contributed by atoms with Crippen molar-refractivity contribution in [1.29, 1.82) is 0 Å². The highest BCUT2D eigenvalue weighted by molar-refractivity contribution is 6.03. The molecule has 4 heterocycles. The van der Waals surface area contributed by atoms with Crippen molar-refractivity contribution in [3.8, 4) is 5.75 Å². The standard InChI is InChI=1S/C33H45FN8O4/c1-4-5-6-11-36-31-30-26(37-33(35)38-31)9-12-41(30)20-24-8-7-23(17-27(24)46-3)19-39-14-15-40(21-25(39)18-34)28(43)10-13-42-29(44)16-22(2)32(42)45/h7-9,12,17,22,25H,4-6,10-11,13-16,18-21H2,1-3H3,(H3,35,36,37,38)/t22?,25-/m1/s1. The number of benzene rings is 1. The highest BCUT2D eigenvalue weighted by atomic mass is 19.1. The van der Waals surface area contributed by atoms with Crippen LogP contribution in [0.3, 0.4) is 0 Å². The number of nitrogens with one attached hydrogen (secondary N) is 1. The van der Waals surface area contributed by atoms with Gasteiger partial charge in [0.15, 0.2) is 5.82 Å². The van der Waals surface area contributed by atoms with Gasteiger partial charge in [0.1, 0.15) is 17.9 Å². The molecule has 2 aliphatic rings. The molecule has 5 rings (SSSR count). The zero-order chi connectivity index (χ0) is 32.8. The molecule has 2 aliphatic heterocycles. The number of rotatable bonds is 14. The smallest absolute Gasteiger partial charge is 0.232 e. The number of methoxy groups -OCH3 is 1. The second-order valence-corrected chi connectivity index (χ2v) is 12.2. The fraction of sp³-hybridized carbons (Fsp3) is 0.545. The van der Waals surface area contributed by atoms with E-state index in [1.54, 1.807) is 18.9 Å². The molecule has 13 heteroatoms. The van der Waals surface area contributed by atoms with Gasteiger partial charge >= 0.3 is 0 Å². The van der Waals surface area contributed by atoms with Gasteiger partial charge < -0.3 is 25.3 Å². The summed E-state index contributed by atoms with van der Waals surface area (Å²) in [6.45, 7) is 6.42. The molecule has 248 valence electrons. The Morgan fingerprint density at radius 3 is 2.70 bits per heavy atom. The number of carbonyl (C=O) groups excluding carboxylic acids is 3. The van der Waals surface area contributed by atoms with E-state index in [9.17, 15) is 18.8 Å². The molecule has 3 amide bonds. The van der Waals surface area contributed by atoms with E-state index in [4.69, 9.17) is 10.5 Å². The summed E-state index contributed by atoms with van der Waals surface area (Å²) < 4.78 is 22.1. The number of unbranched alkanes of at least 4 members (excludes halogenated alkanes) is 2. The van der Waals surface area contributed by atoms with E-state index in [-0.39, 0.29) is 55.5 Å². The van der Waals surface area contributed by atoms with Crippen LogP contribution in [0.4, 0.5) is 16.2 Å². The molecule has 1 aromatic carbocycles. The second-order valence-electron chi connectivity index (χ2n) is 12.2. The monoisotopic (exact) mass is 636 g/mol. The first-order chi connectivity index (χ1) is 22.2. The summed E-state index contributed by atoms with van der Waals surface area (Å²) in [5.74, 6) is 0.680. The van der Waals surface area contributed by atoms with Gasteiger partial charge in [-0.25, -0.2) is 9.37 Å². The van der Waals surface area contributed by atoms with Crippen LogP contribution in [0.25, 0.3) is 11.0 Å². The van der Waals surface area contributed by atoms with Crippen molar-refractivity contribution in [3.63, 3.8) is 0 Å². The number of alkyl halides is 1. The summed E-state index contributed by atoms with van der Waals surface area (Å²) in [7, 11) is 1.64. The number of anilines is 2. The molecule has 0 bridgehead atoms. The molecule has 2 saturated heterocycles. The van der Waals surface area contributed by atoms with Crippen LogP contribution in [0.1, 0.15) is 57.1 Å². The van der Waals surface area contributed by atoms with Gasteiger partial charge in [0.05, 0.1) is 25.2 Å². The lowest BCUT2D eigenvalue weighted by Gasteiger charge is -2.40. The number of nitrogens with zero attached hydrogens (tertiary/aromatic N) is 6. The number of nitrogens with two attached hydrogens (primary N) is 1. The third kappa shape index (κ3) is 7.41. The van der Waals surface area contributed by atoms with Gasteiger partial charge in [0.25, 0.3) is 0 Å². The lowest BCUT2D eigenvalue weighted by Crippen LogP contribution is -2.55. The van der Waals surface area contributed by atoms with Crippen molar-refractivity contribution >= 4 is 40.5 Å². The van der Waals surface area contributed by atoms with E-state index in [1.807, 2.05) is 35.4 Å². The van der Waals surface area contributed by atoms with Gasteiger partial charge in [0.2, 0.25) is 23.7 Å². The zero-order valence-corrected chi connectivity index (χ0v) is 27.0. The molecule has 0 radical (unpaired) electrons. The average molecular weight is 637 g/mol. The molecule has 0 spiro atoms. The number of hydrogen-bond donors (Lipinski definition) is 2. The molecule has 12 nitrogen and oxygen atoms in total. The van der Waals surface area contributed by atoms with Crippen molar-refractivity contribution in [2.75, 3.05) is 57.6 Å². The number of imide groups is 1. The first-order valence-electron chi connectivity index (χ1n) is 16.2. The summed E-state index contributed by atoms with van der Waals surface area (Å²) in [5, 5.41) is 3.43. The molecule has 0 saturated carbocycles. The lowest BCUT2D eigenvalue weighted by atomic mass is 10.1. The Balaban J connectivity index is 1.22. The first kappa shape index (κ1) is 33.1. The molecular formula is C33H45FN8O4. The number of carbonyl (C=O) groups is 3. The summed E-state index contributed by atoms with van der Waals surface area (Å²) >= 11 is 0. The van der Waals surface area contributed by atoms with Crippen LogP contribution in [0, 0.1) is 5.92 Å². The summed E-state index contributed by atoms with van der Waals surface area (Å²) in [6.07, 6.45) is 5.51. The number of piperazine rings is 1. The predicted octanol–water partition coefficient (Wildman–Crippen LogP) is 3.44. The van der Waals surface area contributed by atoms with E-state index in [0.717, 1.165) is 53.7 Å². The average Bonchev–Trinajstić information content (AvgIpc) is 3.56. The molecule has 2 atom stereocenters. The largest absolute Gasteiger partial charge is 0.496 e. The minimum Gasteiger partial charge on any atom is -0.496 e. The number of halogens is 1. The van der Waals surface area contributed by atoms with E-state index in [2.05, 4.69) is 26.8 Å². The fourth-order valence-electron chi connectivity index (χ4n) is 6.32. The summed E-state index contributed by atoms with van der Waals surface area (Å²) in [5.41, 5.74) is 9.58. The maximum atomic E-state index is 14.2. The van der Waals surface area contributed by atoms with Crippen LogP contribution in [0.2, 0.25) is 0 Å². The van der Waals surface area contributed by atoms with Gasteiger partial charge in [-0.2, -0.15) is 4.98 Å². The van der Waals surface area contributed by atoms with Gasteiger partial charge in [-0.3, -0.25) is 24.2 Å². The van der Waals surface area contributed by atoms with Crippen LogP contribution < -0.4 is 15.8 Å². The Hall–Kier alpha value is -4.26. The molecule has 0 aliphatic carbocycles. The Labute approximate surface area is 269 Å². The Morgan fingerprint density at radius 2 is 1.98 bits per heavy atom. The molecule has 46 heavy (non-hydrogen) atoms. The highest BCUT2D eigenvalue weighted by Gasteiger charge is 2.36. The number of amides is 3. The van der Waals surface area contributed by atoms with E-state index in [1.165, 1.54) is 4.90 Å². The number of nitrogen functional groups attached to an aromatic ring is 1. The number of fused-ring (bicyclic) bond motifs is 1. The topological polar surface area (TPSA) is 139 Å². The Morgan fingerprint density at radius 1 is 1.15 bits per heavy atom. The Bertz CT molecular complexity index is 1560. The minimum absolute atomic E-state index is 0.0501. The predicted molar refractivity (Wildman–Crippen MR) is 174 cm³/mol. The third-order valence-electron chi connectivity index (χ3n) is 8.93. The van der Waals surface area contributed by atoms with Crippen LogP contribution in [-0.2, 0) is 27.5 Å². The van der Waals surface area contributed by atoms with Gasteiger partial charge in [-0.1, -0.05) is 38.8 Å². The molecule has 2 aromatic heterocycles. The number of ether oxygens (including phenoxy) is 1. The molecule has 3 aromatic rings. The highest BCUT2D eigenvalue weighted by Crippen LogP contribution is 2.28. The van der Waals surface area contributed by atoms with E-state index < -0.39 is 12.7 Å². The van der Waals surface area contributed by atoms with Gasteiger partial charge in [-0.05, 0) is 24.1 Å². The molecule has 3 N–H and O–H groups in total. The normalized spacial score (nSPS) is 19.0. The van der Waals surface area contributed by atoms with Crippen molar-refractivity contribution in [1.82, 2.24) is 29.2 Å². The lowest BCUT2D eigenvalue weighted by molar-refractivity contribution is -0.140. The first-order valence-corrected chi connectivity index (χ1v) is 16.2. The maximum absolute atomic E-state index is 14.2. The number of aromatic nitrogens is 3. The van der Waals surface area contributed by atoms with Gasteiger partial charge in [0, 0.05) is 69.8 Å². The quantitative estimate of drug-likeness (QED) is 0.201. The number of hydrogen-bond acceptors (Lipinski definition) is 9. The maximum Gasteiger partial charge on any atom is 0.232 e. The van der Waals surface area contributed by atoms with Crippen molar-refractivity contribution in [3.05, 3.63) is 41.6 Å². The van der Waals surface area contributed by atoms with Crippen LogP contribution in [0.15, 0.2) is 30.5 Å². The van der Waals surface area contributed by atoms with E-state index >= 15 is 0 Å². The SMILES string of the molecule is CCCCCNc1nc(N)nc2ccn(Cc3ccc(CN4CCN(C(=O)CCN5C(=O)CC(C)C5=O)C[C@H]4CF)cc3OC)c12. The van der Waals surface area contributed by atoms with Crippen molar-refractivity contribution in [2.45, 2.75) is 65.1 Å². The molecule has 2 fully saturated rings. The van der Waals surface area contributed by atoms with E-state index in [0.29, 0.717) is 32.0 Å². The second kappa shape index (κ2) is 14.9. The third-order valence-corrected chi connectivity index (χ3v) is 8.93. The van der Waals surface area contributed by atoms with Crippen LogP contribution >= 0.6 is 0 Å². The van der Waals surface area contributed by atoms with Crippen LogP contribution in [-0.4, -0.2) is 99.5 Å². The molecule has 1 unspecified atom stereocenters. The van der Waals surface area contributed by atoms with Crippen LogP contribution in [0.5, 0.6) is 5.75 Å². The van der Waals surface area contributed by atoms with Gasteiger partial charge in [-0.15, -0.1) is 0 Å². The fourth-order valence-corrected chi connectivity index (χ4v) is 6.32.